The molecule has 1 N–H and O–H groups in total. The van der Waals surface area contributed by atoms with Crippen molar-refractivity contribution in [3.05, 3.63) is 44.5 Å². The fourth-order valence-electron chi connectivity index (χ4n) is 1.15. The topological polar surface area (TPSA) is 50.2 Å². The Labute approximate surface area is 106 Å². The summed E-state index contributed by atoms with van der Waals surface area (Å²) >= 11 is 3.10. The van der Waals surface area contributed by atoms with Gasteiger partial charge in [0.05, 0.1) is 0 Å². The number of carbonyl (C=O) groups is 1. The highest BCUT2D eigenvalue weighted by Gasteiger charge is 1.96. The minimum Gasteiger partial charge on any atom is -0.478 e. The first kappa shape index (κ1) is 11.8. The van der Waals surface area contributed by atoms with E-state index in [1.54, 1.807) is 23.6 Å². The average Bonchev–Trinajstić information content (AvgIpc) is 2.95. The maximum Gasteiger partial charge on any atom is 0.328 e. The summed E-state index contributed by atoms with van der Waals surface area (Å²) in [6, 6.07) is 2.03. The fourth-order valence-corrected chi connectivity index (χ4v) is 2.50. The van der Waals surface area contributed by atoms with Gasteiger partial charge in [0.25, 0.3) is 0 Å². The molecule has 2 aromatic rings. The van der Waals surface area contributed by atoms with Crippen LogP contribution < -0.4 is 0 Å². The van der Waals surface area contributed by atoms with Crippen molar-refractivity contribution in [1.29, 1.82) is 0 Å². The predicted octanol–water partition coefficient (Wildman–Crippen LogP) is 3.47. The van der Waals surface area contributed by atoms with Crippen LogP contribution in [0.5, 0.6) is 0 Å². The molecule has 86 valence electrons. The molecular formula is C12H9NO2S2. The lowest BCUT2D eigenvalue weighted by atomic mass is 10.3. The van der Waals surface area contributed by atoms with E-state index in [0.717, 1.165) is 21.5 Å². The predicted molar refractivity (Wildman–Crippen MR) is 72.0 cm³/mol. The summed E-state index contributed by atoms with van der Waals surface area (Å²) in [5.74, 6) is -0.950. The van der Waals surface area contributed by atoms with Crippen molar-refractivity contribution in [3.63, 3.8) is 0 Å². The van der Waals surface area contributed by atoms with Crippen molar-refractivity contribution < 1.29 is 9.90 Å². The molecule has 0 fully saturated rings. The molecule has 0 saturated carbocycles. The number of aliphatic carboxylic acids is 1. The highest BCUT2D eigenvalue weighted by Crippen LogP contribution is 2.17. The molecule has 0 atom stereocenters. The van der Waals surface area contributed by atoms with E-state index in [0.29, 0.717) is 0 Å². The number of hydrogen-bond donors (Lipinski definition) is 1. The number of nitrogens with zero attached hydrogens (tertiary/aromatic N) is 1. The molecular weight excluding hydrogens is 254 g/mol. The van der Waals surface area contributed by atoms with Crippen LogP contribution in [0.25, 0.3) is 18.2 Å². The lowest BCUT2D eigenvalue weighted by Gasteiger charge is -1.82. The molecule has 2 heterocycles. The number of rotatable bonds is 4. The highest BCUT2D eigenvalue weighted by atomic mass is 32.1. The number of thiophene rings is 1. The van der Waals surface area contributed by atoms with Crippen LogP contribution in [0.2, 0.25) is 0 Å². The van der Waals surface area contributed by atoms with Crippen molar-refractivity contribution >= 4 is 46.9 Å². The van der Waals surface area contributed by atoms with Crippen molar-refractivity contribution in [1.82, 2.24) is 4.98 Å². The molecule has 0 aliphatic carbocycles. The van der Waals surface area contributed by atoms with Crippen LogP contribution in [-0.4, -0.2) is 16.1 Å². The van der Waals surface area contributed by atoms with Gasteiger partial charge in [0, 0.05) is 17.2 Å². The van der Waals surface area contributed by atoms with Gasteiger partial charge in [-0.3, -0.25) is 0 Å². The zero-order valence-corrected chi connectivity index (χ0v) is 10.4. The molecule has 0 unspecified atom stereocenters. The van der Waals surface area contributed by atoms with Gasteiger partial charge in [-0.1, -0.05) is 6.08 Å². The lowest BCUT2D eigenvalue weighted by molar-refractivity contribution is -0.131. The number of aromatic nitrogens is 1. The third kappa shape index (κ3) is 3.65. The van der Waals surface area contributed by atoms with E-state index < -0.39 is 5.97 Å². The zero-order chi connectivity index (χ0) is 12.1. The van der Waals surface area contributed by atoms with Gasteiger partial charge in [-0.15, -0.1) is 11.3 Å². The Balaban J connectivity index is 2.06. The Morgan fingerprint density at radius 2 is 2.24 bits per heavy atom. The molecule has 0 spiro atoms. The summed E-state index contributed by atoms with van der Waals surface area (Å²) < 4.78 is 0. The molecule has 0 saturated heterocycles. The average molecular weight is 263 g/mol. The standard InChI is InChI=1S/C12H9NO2S2/c14-12(15)4-2-10-7-13-11(17-10)3-1-9-5-6-16-8-9/h1-8H,(H,14,15)/b3-1+,4-2+. The molecule has 0 bridgehead atoms. The first-order valence-corrected chi connectivity index (χ1v) is 6.57. The summed E-state index contributed by atoms with van der Waals surface area (Å²) in [6.45, 7) is 0. The largest absolute Gasteiger partial charge is 0.478 e. The van der Waals surface area contributed by atoms with Gasteiger partial charge in [-0.2, -0.15) is 11.3 Å². The molecule has 5 heteroatoms. The summed E-state index contributed by atoms with van der Waals surface area (Å²) in [4.78, 5) is 15.4. The van der Waals surface area contributed by atoms with E-state index in [-0.39, 0.29) is 0 Å². The van der Waals surface area contributed by atoms with Gasteiger partial charge < -0.3 is 5.11 Å². The molecule has 17 heavy (non-hydrogen) atoms. The van der Waals surface area contributed by atoms with E-state index >= 15 is 0 Å². The van der Waals surface area contributed by atoms with Crippen molar-refractivity contribution in [2.24, 2.45) is 0 Å². The van der Waals surface area contributed by atoms with E-state index in [1.165, 1.54) is 11.3 Å². The fraction of sp³-hybridized carbons (Fsp3) is 0. The molecule has 2 rings (SSSR count). The highest BCUT2D eigenvalue weighted by molar-refractivity contribution is 7.13. The van der Waals surface area contributed by atoms with Gasteiger partial charge in [0.1, 0.15) is 5.01 Å². The van der Waals surface area contributed by atoms with Crippen molar-refractivity contribution in [2.45, 2.75) is 0 Å². The summed E-state index contributed by atoms with van der Waals surface area (Å²) in [5.41, 5.74) is 1.15. The normalized spacial score (nSPS) is 11.5. The van der Waals surface area contributed by atoms with Gasteiger partial charge in [-0.25, -0.2) is 9.78 Å². The number of hydrogen-bond acceptors (Lipinski definition) is 4. The Kier molecular flexibility index (Phi) is 3.85. The molecule has 0 aliphatic heterocycles. The molecule has 2 aromatic heterocycles. The SMILES string of the molecule is O=C(O)/C=C/c1cnc(/C=C/c2ccsc2)s1. The summed E-state index contributed by atoms with van der Waals surface area (Å²) in [6.07, 6.45) is 8.23. The maximum atomic E-state index is 10.3. The smallest absolute Gasteiger partial charge is 0.328 e. The summed E-state index contributed by atoms with van der Waals surface area (Å²) in [7, 11) is 0. The van der Waals surface area contributed by atoms with E-state index in [4.69, 9.17) is 5.11 Å². The van der Waals surface area contributed by atoms with E-state index in [2.05, 4.69) is 10.4 Å². The lowest BCUT2D eigenvalue weighted by Crippen LogP contribution is -1.84. The van der Waals surface area contributed by atoms with E-state index in [1.807, 2.05) is 23.6 Å². The van der Waals surface area contributed by atoms with Crippen LogP contribution >= 0.6 is 22.7 Å². The van der Waals surface area contributed by atoms with Gasteiger partial charge >= 0.3 is 5.97 Å². The maximum absolute atomic E-state index is 10.3. The van der Waals surface area contributed by atoms with Crippen LogP contribution in [0, 0.1) is 0 Å². The van der Waals surface area contributed by atoms with Gasteiger partial charge in [0.15, 0.2) is 0 Å². The Morgan fingerprint density at radius 3 is 2.94 bits per heavy atom. The quantitative estimate of drug-likeness (QED) is 0.859. The van der Waals surface area contributed by atoms with Crippen LogP contribution in [0.15, 0.2) is 29.1 Å². The number of carboxylic acid groups (broad SMARTS) is 1. The number of carboxylic acids is 1. The third-order valence-corrected chi connectivity index (χ3v) is 3.52. The minimum atomic E-state index is -0.950. The Bertz CT molecular complexity index is 553. The third-order valence-electron chi connectivity index (χ3n) is 1.89. The zero-order valence-electron chi connectivity index (χ0n) is 8.74. The first-order valence-electron chi connectivity index (χ1n) is 4.81. The monoisotopic (exact) mass is 263 g/mol. The molecule has 3 nitrogen and oxygen atoms in total. The van der Waals surface area contributed by atoms with Gasteiger partial charge in [-0.05, 0) is 34.5 Å². The second-order valence-corrected chi connectivity index (χ2v) is 5.04. The minimum absolute atomic E-state index is 0.831. The molecule has 0 radical (unpaired) electrons. The molecule has 0 amide bonds. The van der Waals surface area contributed by atoms with Crippen LogP contribution in [0.1, 0.15) is 15.4 Å². The first-order chi connectivity index (χ1) is 8.24. The Hall–Kier alpha value is -1.72. The van der Waals surface area contributed by atoms with Gasteiger partial charge in [0.2, 0.25) is 0 Å². The number of thiazole rings is 1. The Morgan fingerprint density at radius 1 is 1.35 bits per heavy atom. The van der Waals surface area contributed by atoms with Crippen LogP contribution in [0.4, 0.5) is 0 Å². The van der Waals surface area contributed by atoms with Crippen molar-refractivity contribution in [3.8, 4) is 0 Å². The van der Waals surface area contributed by atoms with E-state index in [9.17, 15) is 4.79 Å². The van der Waals surface area contributed by atoms with Crippen LogP contribution in [-0.2, 0) is 4.79 Å². The van der Waals surface area contributed by atoms with Crippen molar-refractivity contribution in [2.75, 3.05) is 0 Å². The summed E-state index contributed by atoms with van der Waals surface area (Å²) in [5, 5.41) is 13.4. The molecule has 0 aliphatic rings. The molecule has 0 aromatic carbocycles. The second-order valence-electron chi connectivity index (χ2n) is 3.16. The van der Waals surface area contributed by atoms with Crippen LogP contribution in [0.3, 0.4) is 0 Å². The second kappa shape index (κ2) is 5.56.